The molecular weight excluding hydrogens is 314 g/mol. The highest BCUT2D eigenvalue weighted by atomic mass is 16.5. The van der Waals surface area contributed by atoms with Gasteiger partial charge in [0.1, 0.15) is 11.5 Å². The molecule has 0 bridgehead atoms. The van der Waals surface area contributed by atoms with Crippen LogP contribution in [0.3, 0.4) is 0 Å². The Labute approximate surface area is 152 Å². The molecule has 0 spiro atoms. The minimum atomic E-state index is -0.529. The lowest BCUT2D eigenvalue weighted by atomic mass is 9.87. The Bertz CT molecular complexity index is 528. The Kier molecular flexibility index (Phi) is 7.57. The van der Waals surface area contributed by atoms with E-state index in [1.165, 1.54) is 25.7 Å². The standard InChI is InChI=1S/C21H35NO3/c1-16(2)5-3-4-12-25-19-9-8-18(20(24)13-19)10-11-21(22,15-23)14-17-6-7-17/h8-9,13,16-17,23-24H,3-7,10-12,14-15,22H2,1-2H3/t21-/m0/s1. The maximum atomic E-state index is 10.2. The summed E-state index contributed by atoms with van der Waals surface area (Å²) in [5.74, 6) is 2.38. The molecule has 2 rings (SSSR count). The van der Waals surface area contributed by atoms with Crippen molar-refractivity contribution in [3.05, 3.63) is 23.8 Å². The van der Waals surface area contributed by atoms with Crippen molar-refractivity contribution in [1.29, 1.82) is 0 Å². The van der Waals surface area contributed by atoms with Crippen LogP contribution in [0.4, 0.5) is 0 Å². The van der Waals surface area contributed by atoms with E-state index in [2.05, 4.69) is 13.8 Å². The molecule has 1 aliphatic rings. The Hall–Kier alpha value is -1.26. The zero-order valence-corrected chi connectivity index (χ0v) is 15.8. The van der Waals surface area contributed by atoms with Crippen LogP contribution in [-0.4, -0.2) is 29.0 Å². The van der Waals surface area contributed by atoms with Gasteiger partial charge in [-0.25, -0.2) is 0 Å². The molecule has 1 aliphatic carbocycles. The summed E-state index contributed by atoms with van der Waals surface area (Å²) in [6, 6.07) is 5.51. The molecule has 4 heteroatoms. The van der Waals surface area contributed by atoms with Gasteiger partial charge in [-0.2, -0.15) is 0 Å². The molecule has 4 nitrogen and oxygen atoms in total. The molecule has 1 fully saturated rings. The third kappa shape index (κ3) is 7.25. The SMILES string of the molecule is CC(C)CCCCOc1ccc(CC[C@@](N)(CO)CC2CC2)c(O)c1. The summed E-state index contributed by atoms with van der Waals surface area (Å²) in [5, 5.41) is 19.9. The minimum absolute atomic E-state index is 0.00182. The molecule has 1 aromatic rings. The molecule has 0 amide bonds. The van der Waals surface area contributed by atoms with Gasteiger partial charge in [0.25, 0.3) is 0 Å². The lowest BCUT2D eigenvalue weighted by Crippen LogP contribution is -2.44. The number of ether oxygens (including phenoxy) is 1. The summed E-state index contributed by atoms with van der Waals surface area (Å²) in [5.41, 5.74) is 6.66. The molecule has 0 aromatic heterocycles. The second-order valence-corrected chi connectivity index (χ2v) is 8.20. The van der Waals surface area contributed by atoms with Gasteiger partial charge in [-0.15, -0.1) is 0 Å². The molecule has 0 unspecified atom stereocenters. The number of aliphatic hydroxyl groups is 1. The smallest absolute Gasteiger partial charge is 0.122 e. The number of aromatic hydroxyl groups is 1. The Morgan fingerprint density at radius 1 is 1.28 bits per heavy atom. The maximum Gasteiger partial charge on any atom is 0.122 e. The number of hydrogen-bond acceptors (Lipinski definition) is 4. The van der Waals surface area contributed by atoms with E-state index >= 15 is 0 Å². The van der Waals surface area contributed by atoms with Crippen LogP contribution in [0.2, 0.25) is 0 Å². The molecular formula is C21H35NO3. The monoisotopic (exact) mass is 349 g/mol. The van der Waals surface area contributed by atoms with Gasteiger partial charge in [-0.1, -0.05) is 39.2 Å². The van der Waals surface area contributed by atoms with E-state index in [9.17, 15) is 10.2 Å². The fourth-order valence-corrected chi connectivity index (χ4v) is 3.22. The van der Waals surface area contributed by atoms with Crippen LogP contribution in [0.15, 0.2) is 18.2 Å². The number of unbranched alkanes of at least 4 members (excludes halogenated alkanes) is 1. The summed E-state index contributed by atoms with van der Waals surface area (Å²) in [7, 11) is 0. The number of rotatable bonds is 12. The van der Waals surface area contributed by atoms with Crippen molar-refractivity contribution in [3.63, 3.8) is 0 Å². The first-order chi connectivity index (χ1) is 11.9. The van der Waals surface area contributed by atoms with Crippen molar-refractivity contribution in [2.45, 2.75) is 70.8 Å². The van der Waals surface area contributed by atoms with Crippen molar-refractivity contribution < 1.29 is 14.9 Å². The van der Waals surface area contributed by atoms with Crippen LogP contribution in [0.5, 0.6) is 11.5 Å². The number of nitrogens with two attached hydrogens (primary N) is 1. The van der Waals surface area contributed by atoms with Crippen molar-refractivity contribution in [2.75, 3.05) is 13.2 Å². The molecule has 0 saturated heterocycles. The highest BCUT2D eigenvalue weighted by Crippen LogP contribution is 2.37. The minimum Gasteiger partial charge on any atom is -0.508 e. The Morgan fingerprint density at radius 3 is 2.64 bits per heavy atom. The second-order valence-electron chi connectivity index (χ2n) is 8.20. The third-order valence-electron chi connectivity index (χ3n) is 5.10. The van der Waals surface area contributed by atoms with E-state index < -0.39 is 5.54 Å². The summed E-state index contributed by atoms with van der Waals surface area (Å²) in [6.45, 7) is 5.15. The lowest BCUT2D eigenvalue weighted by Gasteiger charge is -2.27. The first-order valence-electron chi connectivity index (χ1n) is 9.76. The Balaban J connectivity index is 1.78. The van der Waals surface area contributed by atoms with Crippen LogP contribution < -0.4 is 10.5 Å². The predicted molar refractivity (Wildman–Crippen MR) is 102 cm³/mol. The zero-order chi connectivity index (χ0) is 18.3. The summed E-state index contributed by atoms with van der Waals surface area (Å²) in [4.78, 5) is 0. The molecule has 1 atom stereocenters. The number of aryl methyl sites for hydroxylation is 1. The topological polar surface area (TPSA) is 75.7 Å². The maximum absolute atomic E-state index is 10.2. The highest BCUT2D eigenvalue weighted by Gasteiger charge is 2.33. The fraction of sp³-hybridized carbons (Fsp3) is 0.714. The van der Waals surface area contributed by atoms with Gasteiger partial charge in [0.15, 0.2) is 0 Å². The summed E-state index contributed by atoms with van der Waals surface area (Å²) < 4.78 is 5.73. The van der Waals surface area contributed by atoms with E-state index in [-0.39, 0.29) is 12.4 Å². The number of phenolic OH excluding ortho intramolecular Hbond substituents is 1. The fourth-order valence-electron chi connectivity index (χ4n) is 3.22. The first kappa shape index (κ1) is 20.1. The largest absolute Gasteiger partial charge is 0.508 e. The number of aliphatic hydroxyl groups excluding tert-OH is 1. The van der Waals surface area contributed by atoms with Gasteiger partial charge >= 0.3 is 0 Å². The highest BCUT2D eigenvalue weighted by molar-refractivity contribution is 5.39. The predicted octanol–water partition coefficient (Wildman–Crippen LogP) is 4.02. The van der Waals surface area contributed by atoms with Gasteiger partial charge < -0.3 is 20.7 Å². The van der Waals surface area contributed by atoms with E-state index in [1.807, 2.05) is 12.1 Å². The summed E-state index contributed by atoms with van der Waals surface area (Å²) >= 11 is 0. The molecule has 1 aromatic carbocycles. The van der Waals surface area contributed by atoms with Crippen molar-refractivity contribution in [1.82, 2.24) is 0 Å². The van der Waals surface area contributed by atoms with E-state index in [0.717, 1.165) is 24.3 Å². The van der Waals surface area contributed by atoms with Crippen molar-refractivity contribution >= 4 is 0 Å². The van der Waals surface area contributed by atoms with Gasteiger partial charge in [-0.05, 0) is 55.6 Å². The molecule has 1 saturated carbocycles. The molecule has 0 radical (unpaired) electrons. The number of hydrogen-bond donors (Lipinski definition) is 3. The summed E-state index contributed by atoms with van der Waals surface area (Å²) in [6.07, 6.45) is 8.12. The third-order valence-corrected chi connectivity index (χ3v) is 5.10. The normalized spacial score (nSPS) is 16.8. The van der Waals surface area contributed by atoms with Gasteiger partial charge in [0, 0.05) is 11.6 Å². The quantitative estimate of drug-likeness (QED) is 0.498. The lowest BCUT2D eigenvalue weighted by molar-refractivity contribution is 0.172. The van der Waals surface area contributed by atoms with E-state index in [0.29, 0.717) is 31.1 Å². The molecule has 0 heterocycles. The zero-order valence-electron chi connectivity index (χ0n) is 15.8. The number of benzene rings is 1. The number of phenols is 1. The molecule has 4 N–H and O–H groups in total. The van der Waals surface area contributed by atoms with Crippen LogP contribution >= 0.6 is 0 Å². The average molecular weight is 350 g/mol. The molecule has 0 aliphatic heterocycles. The van der Waals surface area contributed by atoms with Crippen molar-refractivity contribution in [3.8, 4) is 11.5 Å². The van der Waals surface area contributed by atoms with Crippen LogP contribution in [0, 0.1) is 11.8 Å². The van der Waals surface area contributed by atoms with E-state index in [4.69, 9.17) is 10.5 Å². The van der Waals surface area contributed by atoms with Gasteiger partial charge in [0.05, 0.1) is 13.2 Å². The first-order valence-corrected chi connectivity index (χ1v) is 9.76. The Morgan fingerprint density at radius 2 is 2.04 bits per heavy atom. The van der Waals surface area contributed by atoms with Gasteiger partial charge in [0.2, 0.25) is 0 Å². The van der Waals surface area contributed by atoms with Crippen LogP contribution in [-0.2, 0) is 6.42 Å². The van der Waals surface area contributed by atoms with E-state index in [1.54, 1.807) is 6.07 Å². The van der Waals surface area contributed by atoms with Crippen LogP contribution in [0.25, 0.3) is 0 Å². The van der Waals surface area contributed by atoms with Gasteiger partial charge in [-0.3, -0.25) is 0 Å². The van der Waals surface area contributed by atoms with Crippen LogP contribution in [0.1, 0.15) is 64.4 Å². The molecule has 142 valence electrons. The average Bonchev–Trinajstić information content (AvgIpc) is 3.37. The van der Waals surface area contributed by atoms with Crippen molar-refractivity contribution in [2.24, 2.45) is 17.6 Å². The second kappa shape index (κ2) is 9.44. The molecule has 25 heavy (non-hydrogen) atoms.